The van der Waals surface area contributed by atoms with Crippen LogP contribution >= 0.6 is 0 Å². The molecule has 5 atom stereocenters. The molecule has 0 radical (unpaired) electrons. The lowest BCUT2D eigenvalue weighted by atomic mass is 9.33. The number of hydrogen-bond donors (Lipinski definition) is 6. The van der Waals surface area contributed by atoms with Crippen LogP contribution < -0.4 is 27.0 Å². The molecule has 0 aromatic carbocycles. The highest BCUT2D eigenvalue weighted by atomic mass is 16.3. The lowest BCUT2D eigenvalue weighted by Crippen LogP contribution is -2.72. The lowest BCUT2D eigenvalue weighted by molar-refractivity contribution is -0.228. The standard InChI is InChI=1S/C44H87N5O5/c1-21-30(2)28-32(51)46-26-23-27-48-34(53)43(19,37(7,8)9)39(12,13)41(16,17)44(20,35(54)49-29-31(3)50)40(14,15)38(10,11)42(18,36(4,5)6)33(52)47-25-22-24-45/h30-31,50H,21-29,45H2,1-20H3,(H,46,51)(H,47,52)(H,48,53)(H,49,54). The highest BCUT2D eigenvalue weighted by molar-refractivity contribution is 5.88. The quantitative estimate of drug-likeness (QED) is 0.0676. The Morgan fingerprint density at radius 1 is 0.537 bits per heavy atom. The van der Waals surface area contributed by atoms with Gasteiger partial charge in [0.15, 0.2) is 0 Å². The number of aliphatic hydroxyl groups is 1. The second-order valence-electron chi connectivity index (χ2n) is 21.0. The van der Waals surface area contributed by atoms with Gasteiger partial charge in [-0.3, -0.25) is 19.2 Å². The van der Waals surface area contributed by atoms with Crippen molar-refractivity contribution in [1.29, 1.82) is 0 Å². The van der Waals surface area contributed by atoms with Gasteiger partial charge in [-0.1, -0.05) is 117 Å². The van der Waals surface area contributed by atoms with Crippen molar-refractivity contribution in [3.8, 4) is 0 Å². The van der Waals surface area contributed by atoms with Crippen LogP contribution in [-0.4, -0.2) is 67.6 Å². The summed E-state index contributed by atoms with van der Waals surface area (Å²) < 4.78 is 0. The molecule has 0 aliphatic carbocycles. The fourth-order valence-electron chi connectivity index (χ4n) is 9.10. The van der Waals surface area contributed by atoms with Crippen molar-refractivity contribution in [1.82, 2.24) is 21.3 Å². The number of carbonyl (C=O) groups excluding carboxylic acids is 4. The Kier molecular flexibility index (Phi) is 17.6. The number of nitrogens with one attached hydrogen (secondary N) is 4. The minimum atomic E-state index is -1.24. The smallest absolute Gasteiger partial charge is 0.227 e. The molecule has 0 saturated carbocycles. The average Bonchev–Trinajstić information content (AvgIpc) is 3.03. The molecule has 0 heterocycles. The number of rotatable bonds is 21. The second-order valence-corrected chi connectivity index (χ2v) is 21.0. The molecule has 5 unspecified atom stereocenters. The monoisotopic (exact) mass is 766 g/mol. The maximum Gasteiger partial charge on any atom is 0.227 e. The van der Waals surface area contributed by atoms with E-state index in [0.717, 1.165) is 6.42 Å². The Labute approximate surface area is 331 Å². The van der Waals surface area contributed by atoms with Crippen LogP contribution in [0, 0.1) is 54.7 Å². The van der Waals surface area contributed by atoms with E-state index in [0.29, 0.717) is 51.4 Å². The first-order valence-electron chi connectivity index (χ1n) is 20.6. The van der Waals surface area contributed by atoms with E-state index < -0.39 is 54.8 Å². The van der Waals surface area contributed by atoms with Gasteiger partial charge in [-0.15, -0.1) is 0 Å². The van der Waals surface area contributed by atoms with Crippen molar-refractivity contribution < 1.29 is 24.3 Å². The zero-order valence-electron chi connectivity index (χ0n) is 38.7. The Hall–Kier alpha value is -2.20. The summed E-state index contributed by atoms with van der Waals surface area (Å²) in [5.41, 5.74) is -2.11. The number of nitrogens with two attached hydrogens (primary N) is 1. The number of carbonyl (C=O) groups is 4. The number of hydrogen-bond acceptors (Lipinski definition) is 6. The van der Waals surface area contributed by atoms with E-state index in [1.807, 2.05) is 20.8 Å². The fraction of sp³-hybridized carbons (Fsp3) is 0.909. The topological polar surface area (TPSA) is 163 Å². The molecule has 4 amide bonds. The molecule has 0 aromatic heterocycles. The van der Waals surface area contributed by atoms with E-state index in [2.05, 4.69) is 132 Å². The van der Waals surface area contributed by atoms with Crippen LogP contribution in [0.15, 0.2) is 0 Å². The van der Waals surface area contributed by atoms with Gasteiger partial charge in [0.25, 0.3) is 0 Å². The Bertz CT molecular complexity index is 1270. The van der Waals surface area contributed by atoms with Gasteiger partial charge in [-0.2, -0.15) is 0 Å². The molecule has 0 aromatic rings. The summed E-state index contributed by atoms with van der Waals surface area (Å²) in [6.07, 6.45) is 1.89. The Balaban J connectivity index is 7.55. The molecule has 318 valence electrons. The molecule has 7 N–H and O–H groups in total. The van der Waals surface area contributed by atoms with Crippen molar-refractivity contribution in [3.05, 3.63) is 0 Å². The van der Waals surface area contributed by atoms with Crippen LogP contribution in [0.3, 0.4) is 0 Å². The first kappa shape index (κ1) is 51.8. The van der Waals surface area contributed by atoms with E-state index in [1.54, 1.807) is 6.92 Å². The second kappa shape index (κ2) is 18.4. The van der Waals surface area contributed by atoms with Crippen molar-refractivity contribution in [2.45, 2.75) is 170 Å². The largest absolute Gasteiger partial charge is 0.392 e. The molecule has 0 aliphatic heterocycles. The summed E-state index contributed by atoms with van der Waals surface area (Å²) in [7, 11) is 0. The van der Waals surface area contributed by atoms with E-state index in [4.69, 9.17) is 5.73 Å². The molecule has 54 heavy (non-hydrogen) atoms. The van der Waals surface area contributed by atoms with Gasteiger partial charge < -0.3 is 32.1 Å². The van der Waals surface area contributed by atoms with Crippen LogP contribution in [0.4, 0.5) is 0 Å². The molecular weight excluding hydrogens is 679 g/mol. The maximum atomic E-state index is 15.2. The van der Waals surface area contributed by atoms with E-state index in [1.165, 1.54) is 0 Å². The van der Waals surface area contributed by atoms with Gasteiger partial charge in [0.05, 0.1) is 22.3 Å². The minimum absolute atomic E-state index is 0.0207. The van der Waals surface area contributed by atoms with Gasteiger partial charge in [-0.25, -0.2) is 0 Å². The highest BCUT2D eigenvalue weighted by Crippen LogP contribution is 2.73. The molecule has 0 bridgehead atoms. The summed E-state index contributed by atoms with van der Waals surface area (Å²) in [6, 6.07) is 0. The number of amides is 4. The van der Waals surface area contributed by atoms with Crippen molar-refractivity contribution in [3.63, 3.8) is 0 Å². The Morgan fingerprint density at radius 3 is 1.20 bits per heavy atom. The molecule has 0 spiro atoms. The lowest BCUT2D eigenvalue weighted by Gasteiger charge is -2.69. The van der Waals surface area contributed by atoms with Gasteiger partial charge in [-0.05, 0) is 85.5 Å². The van der Waals surface area contributed by atoms with Crippen LogP contribution in [0.1, 0.15) is 164 Å². The zero-order valence-corrected chi connectivity index (χ0v) is 38.7. The van der Waals surface area contributed by atoms with Crippen LogP contribution in [0.25, 0.3) is 0 Å². The molecule has 10 nitrogen and oxygen atoms in total. The van der Waals surface area contributed by atoms with Crippen molar-refractivity contribution in [2.75, 3.05) is 32.7 Å². The fourth-order valence-corrected chi connectivity index (χ4v) is 9.10. The van der Waals surface area contributed by atoms with Crippen LogP contribution in [0.2, 0.25) is 0 Å². The van der Waals surface area contributed by atoms with E-state index >= 15 is 4.79 Å². The molecule has 0 fully saturated rings. The summed E-state index contributed by atoms with van der Waals surface area (Å²) in [6.45, 7) is 42.8. The molecule has 0 aliphatic rings. The SMILES string of the molecule is CCC(C)CC(=O)NCCCNC(=O)C(C)(C(C)(C)C)C(C)(C)C(C)(C)C(C)(C(=O)NCC(C)O)C(C)(C)C(C)(C)C(C)(C(=O)NCCCN)C(C)(C)C. The van der Waals surface area contributed by atoms with E-state index in [-0.39, 0.29) is 30.2 Å². The van der Waals surface area contributed by atoms with Crippen molar-refractivity contribution >= 4 is 23.6 Å². The number of aliphatic hydroxyl groups excluding tert-OH is 1. The summed E-state index contributed by atoms with van der Waals surface area (Å²) >= 11 is 0. The highest BCUT2D eigenvalue weighted by Gasteiger charge is 2.73. The predicted molar refractivity (Wildman–Crippen MR) is 224 cm³/mol. The van der Waals surface area contributed by atoms with Gasteiger partial charge in [0.1, 0.15) is 0 Å². The first-order valence-corrected chi connectivity index (χ1v) is 20.6. The predicted octanol–water partition coefficient (Wildman–Crippen LogP) is 7.22. The summed E-state index contributed by atoms with van der Waals surface area (Å²) in [5.74, 6) is -0.128. The maximum absolute atomic E-state index is 15.2. The molecule has 0 saturated heterocycles. The normalized spacial score (nSPS) is 18.0. The van der Waals surface area contributed by atoms with Crippen molar-refractivity contribution in [2.24, 2.45) is 60.4 Å². The van der Waals surface area contributed by atoms with Gasteiger partial charge in [0.2, 0.25) is 23.6 Å². The Morgan fingerprint density at radius 2 is 0.870 bits per heavy atom. The van der Waals surface area contributed by atoms with Gasteiger partial charge in [0, 0.05) is 32.6 Å². The summed E-state index contributed by atoms with van der Waals surface area (Å²) in [4.78, 5) is 56.8. The van der Waals surface area contributed by atoms with Crippen LogP contribution in [-0.2, 0) is 19.2 Å². The summed E-state index contributed by atoms with van der Waals surface area (Å²) in [5, 5.41) is 22.8. The molecule has 0 rings (SSSR count). The van der Waals surface area contributed by atoms with E-state index in [9.17, 15) is 19.5 Å². The third-order valence-corrected chi connectivity index (χ3v) is 15.9. The van der Waals surface area contributed by atoms with Gasteiger partial charge >= 0.3 is 0 Å². The first-order chi connectivity index (χ1) is 24.1. The average molecular weight is 766 g/mol. The molecule has 10 heteroatoms. The zero-order chi connectivity index (χ0) is 43.2. The van der Waals surface area contributed by atoms with Crippen LogP contribution in [0.5, 0.6) is 0 Å². The third-order valence-electron chi connectivity index (χ3n) is 15.9. The molecular formula is C44H87N5O5. The minimum Gasteiger partial charge on any atom is -0.392 e. The third kappa shape index (κ3) is 9.49.